The third-order valence-electron chi connectivity index (χ3n) is 5.45. The summed E-state index contributed by atoms with van der Waals surface area (Å²) in [6.45, 7) is 6.48. The number of carboxylic acid groups (broad SMARTS) is 1. The number of rotatable bonds is 8. The highest BCUT2D eigenvalue weighted by molar-refractivity contribution is 5.92. The number of benzene rings is 2. The third kappa shape index (κ3) is 6.59. The first-order chi connectivity index (χ1) is 16.5. The molecule has 35 heavy (non-hydrogen) atoms. The van der Waals surface area contributed by atoms with Gasteiger partial charge in [0.2, 0.25) is 5.91 Å². The molecule has 0 radical (unpaired) electrons. The van der Waals surface area contributed by atoms with Crippen LogP contribution in [-0.4, -0.2) is 53.3 Å². The molecule has 3 N–H and O–H groups in total. The van der Waals surface area contributed by atoms with Gasteiger partial charge in [-0.1, -0.05) is 48.5 Å². The maximum Gasteiger partial charge on any atom is 0.407 e. The zero-order valence-corrected chi connectivity index (χ0v) is 20.2. The zero-order chi connectivity index (χ0) is 25.8. The van der Waals surface area contributed by atoms with Gasteiger partial charge in [-0.15, -0.1) is 0 Å². The Balaban J connectivity index is 1.63. The van der Waals surface area contributed by atoms with Crippen LogP contribution in [0.1, 0.15) is 51.2 Å². The summed E-state index contributed by atoms with van der Waals surface area (Å²) in [7, 11) is 0. The summed E-state index contributed by atoms with van der Waals surface area (Å²) in [6.07, 6.45) is -1.62. The monoisotopic (exact) mass is 482 g/mol. The van der Waals surface area contributed by atoms with Crippen molar-refractivity contribution >= 4 is 23.9 Å². The van der Waals surface area contributed by atoms with Gasteiger partial charge in [-0.2, -0.15) is 0 Å². The van der Waals surface area contributed by atoms with Crippen molar-refractivity contribution in [1.82, 2.24) is 10.6 Å². The summed E-state index contributed by atoms with van der Waals surface area (Å²) < 4.78 is 10.6. The van der Waals surface area contributed by atoms with Crippen LogP contribution in [0.15, 0.2) is 48.5 Å². The minimum absolute atomic E-state index is 0.00951. The molecule has 0 aliphatic heterocycles. The van der Waals surface area contributed by atoms with Gasteiger partial charge in [-0.25, -0.2) is 9.59 Å². The molecule has 1 unspecified atom stereocenters. The fourth-order valence-electron chi connectivity index (χ4n) is 3.93. The number of amides is 2. The Morgan fingerprint density at radius 3 is 2.00 bits per heavy atom. The first-order valence-electron chi connectivity index (χ1n) is 11.3. The molecule has 0 saturated heterocycles. The second kappa shape index (κ2) is 10.6. The van der Waals surface area contributed by atoms with E-state index in [9.17, 15) is 24.3 Å². The van der Waals surface area contributed by atoms with E-state index in [0.29, 0.717) is 0 Å². The van der Waals surface area contributed by atoms with Crippen LogP contribution < -0.4 is 10.6 Å². The smallest absolute Gasteiger partial charge is 0.407 e. The van der Waals surface area contributed by atoms with Gasteiger partial charge >= 0.3 is 18.0 Å². The molecule has 2 aromatic rings. The first-order valence-corrected chi connectivity index (χ1v) is 11.3. The molecule has 2 atom stereocenters. The summed E-state index contributed by atoms with van der Waals surface area (Å²) in [5.74, 6) is -3.00. The van der Waals surface area contributed by atoms with Gasteiger partial charge in [0.1, 0.15) is 24.3 Å². The number of hydrogen-bond acceptors (Lipinski definition) is 6. The summed E-state index contributed by atoms with van der Waals surface area (Å²) in [4.78, 5) is 48.6. The molecule has 0 bridgehead atoms. The van der Waals surface area contributed by atoms with E-state index in [1.165, 1.54) is 6.92 Å². The number of carboxylic acids is 1. The maximum atomic E-state index is 12.6. The number of carbonyl (C=O) groups is 4. The number of ether oxygens (including phenoxy) is 2. The Kier molecular flexibility index (Phi) is 7.78. The molecule has 1 aliphatic carbocycles. The first kappa shape index (κ1) is 25.7. The number of carbonyl (C=O) groups excluding carboxylic acids is 3. The number of aliphatic carboxylic acids is 1. The highest BCUT2D eigenvalue weighted by atomic mass is 16.6. The summed E-state index contributed by atoms with van der Waals surface area (Å²) >= 11 is 0. The normalized spacial score (nSPS) is 14.2. The van der Waals surface area contributed by atoms with E-state index < -0.39 is 48.0 Å². The van der Waals surface area contributed by atoms with Crippen molar-refractivity contribution in [3.05, 3.63) is 59.7 Å². The fourth-order valence-corrected chi connectivity index (χ4v) is 3.93. The van der Waals surface area contributed by atoms with Crippen molar-refractivity contribution in [2.24, 2.45) is 0 Å². The van der Waals surface area contributed by atoms with Gasteiger partial charge in [-0.05, 0) is 49.9 Å². The minimum Gasteiger partial charge on any atom is -0.481 e. The zero-order valence-electron chi connectivity index (χ0n) is 20.2. The van der Waals surface area contributed by atoms with Crippen molar-refractivity contribution < 1.29 is 33.8 Å². The van der Waals surface area contributed by atoms with Gasteiger partial charge in [0.05, 0.1) is 6.42 Å². The lowest BCUT2D eigenvalue weighted by atomic mass is 9.98. The van der Waals surface area contributed by atoms with Crippen LogP contribution in [0.25, 0.3) is 11.1 Å². The number of esters is 1. The molecule has 1 aliphatic rings. The largest absolute Gasteiger partial charge is 0.481 e. The van der Waals surface area contributed by atoms with Crippen LogP contribution in [0.5, 0.6) is 0 Å². The van der Waals surface area contributed by atoms with Crippen molar-refractivity contribution in [3.8, 4) is 11.1 Å². The predicted molar refractivity (Wildman–Crippen MR) is 128 cm³/mol. The maximum absolute atomic E-state index is 12.6. The average molecular weight is 483 g/mol. The fraction of sp³-hybridized carbons (Fsp3) is 0.385. The highest BCUT2D eigenvalue weighted by Crippen LogP contribution is 2.44. The lowest BCUT2D eigenvalue weighted by molar-refractivity contribution is -0.158. The van der Waals surface area contributed by atoms with E-state index in [1.807, 2.05) is 48.5 Å². The van der Waals surface area contributed by atoms with Crippen LogP contribution in [0, 0.1) is 0 Å². The predicted octanol–water partition coefficient (Wildman–Crippen LogP) is 3.21. The molecule has 9 heteroatoms. The molecule has 2 aromatic carbocycles. The van der Waals surface area contributed by atoms with Crippen LogP contribution in [0.2, 0.25) is 0 Å². The molecule has 0 saturated carbocycles. The molecule has 0 heterocycles. The van der Waals surface area contributed by atoms with Gasteiger partial charge in [0.15, 0.2) is 0 Å². The van der Waals surface area contributed by atoms with E-state index in [2.05, 4.69) is 10.6 Å². The molecule has 3 rings (SSSR count). The van der Waals surface area contributed by atoms with Crippen molar-refractivity contribution in [2.45, 2.75) is 57.7 Å². The topological polar surface area (TPSA) is 131 Å². The molecule has 2 amide bonds. The SMILES string of the molecule is C[C@@H](NC(=O)C(CC(=O)O)NC(=O)OCC1c2ccccc2-c2ccccc21)C(=O)OC(C)(C)C. The molecular weight excluding hydrogens is 452 g/mol. The van der Waals surface area contributed by atoms with Gasteiger partial charge in [0, 0.05) is 5.92 Å². The van der Waals surface area contributed by atoms with Crippen LogP contribution in [-0.2, 0) is 23.9 Å². The van der Waals surface area contributed by atoms with Gasteiger partial charge < -0.3 is 25.2 Å². The van der Waals surface area contributed by atoms with Crippen LogP contribution >= 0.6 is 0 Å². The second-order valence-electron chi connectivity index (χ2n) is 9.38. The van der Waals surface area contributed by atoms with Crippen LogP contribution in [0.3, 0.4) is 0 Å². The number of fused-ring (bicyclic) bond motifs is 3. The highest BCUT2D eigenvalue weighted by Gasteiger charge is 2.31. The molecule has 0 aromatic heterocycles. The Morgan fingerprint density at radius 2 is 1.49 bits per heavy atom. The number of nitrogens with one attached hydrogen (secondary N) is 2. The molecule has 0 fully saturated rings. The van der Waals surface area contributed by atoms with Gasteiger partial charge in [0.25, 0.3) is 0 Å². The molecule has 9 nitrogen and oxygen atoms in total. The van der Waals surface area contributed by atoms with E-state index in [-0.39, 0.29) is 12.5 Å². The number of hydrogen-bond donors (Lipinski definition) is 3. The summed E-state index contributed by atoms with van der Waals surface area (Å²) in [5.41, 5.74) is 3.42. The van der Waals surface area contributed by atoms with E-state index in [4.69, 9.17) is 9.47 Å². The summed E-state index contributed by atoms with van der Waals surface area (Å²) in [5, 5.41) is 13.9. The standard InChI is InChI=1S/C26H30N2O7/c1-15(24(32)35-26(2,3)4)27-23(31)21(13-22(29)30)28-25(33)34-14-20-18-11-7-5-9-16(18)17-10-6-8-12-19(17)20/h5-12,15,20-21H,13-14H2,1-4H3,(H,27,31)(H,28,33)(H,29,30)/t15-,21?/m1/s1. The van der Waals surface area contributed by atoms with Crippen molar-refractivity contribution in [2.75, 3.05) is 6.61 Å². The lowest BCUT2D eigenvalue weighted by Crippen LogP contribution is -2.52. The van der Waals surface area contributed by atoms with Crippen molar-refractivity contribution in [1.29, 1.82) is 0 Å². The Labute approximate surface area is 203 Å². The summed E-state index contributed by atoms with van der Waals surface area (Å²) in [6, 6.07) is 13.2. The van der Waals surface area contributed by atoms with E-state index in [1.54, 1.807) is 20.8 Å². The minimum atomic E-state index is -1.44. The lowest BCUT2D eigenvalue weighted by Gasteiger charge is -2.24. The average Bonchev–Trinajstić information content (AvgIpc) is 3.09. The molecule has 0 spiro atoms. The Bertz CT molecular complexity index is 1080. The van der Waals surface area contributed by atoms with Crippen LogP contribution in [0.4, 0.5) is 4.79 Å². The van der Waals surface area contributed by atoms with E-state index >= 15 is 0 Å². The third-order valence-corrected chi connectivity index (χ3v) is 5.45. The molecule has 186 valence electrons. The van der Waals surface area contributed by atoms with Gasteiger partial charge in [-0.3, -0.25) is 9.59 Å². The number of alkyl carbamates (subject to hydrolysis) is 1. The Hall–Kier alpha value is -3.88. The van der Waals surface area contributed by atoms with Crippen molar-refractivity contribution in [3.63, 3.8) is 0 Å². The second-order valence-corrected chi connectivity index (χ2v) is 9.38. The molecular formula is C26H30N2O7. The Morgan fingerprint density at radius 1 is 0.943 bits per heavy atom. The van der Waals surface area contributed by atoms with E-state index in [0.717, 1.165) is 22.3 Å². The quantitative estimate of drug-likeness (QED) is 0.492.